The molecule has 0 saturated heterocycles. The van der Waals surface area contributed by atoms with Gasteiger partial charge in [-0.15, -0.1) is 0 Å². The zero-order valence-electron chi connectivity index (χ0n) is 15.9. The van der Waals surface area contributed by atoms with Gasteiger partial charge in [-0.2, -0.15) is 5.10 Å². The van der Waals surface area contributed by atoms with Gasteiger partial charge in [0.05, 0.1) is 11.9 Å². The van der Waals surface area contributed by atoms with E-state index in [9.17, 15) is 0 Å². The molecule has 0 aliphatic carbocycles. The highest BCUT2D eigenvalue weighted by Crippen LogP contribution is 2.19. The number of aromatic nitrogens is 1. The predicted octanol–water partition coefficient (Wildman–Crippen LogP) is 4.78. The summed E-state index contributed by atoms with van der Waals surface area (Å²) >= 11 is 5.36. The lowest BCUT2D eigenvalue weighted by Gasteiger charge is -2.12. The second-order valence-corrected chi connectivity index (χ2v) is 6.99. The van der Waals surface area contributed by atoms with Crippen LogP contribution in [0.1, 0.15) is 27.9 Å². The van der Waals surface area contributed by atoms with Gasteiger partial charge in [0.15, 0.2) is 5.11 Å². The third-order valence-electron chi connectivity index (χ3n) is 4.55. The Labute approximate surface area is 165 Å². The molecule has 2 N–H and O–H groups in total. The maximum absolute atomic E-state index is 5.36. The molecule has 138 valence electrons. The van der Waals surface area contributed by atoms with E-state index in [1.54, 1.807) is 6.21 Å². The highest BCUT2D eigenvalue weighted by molar-refractivity contribution is 7.80. The maximum atomic E-state index is 5.36. The fraction of sp³-hybridized carbons (Fsp3) is 0.182. The van der Waals surface area contributed by atoms with Crippen LogP contribution in [0.15, 0.2) is 65.9 Å². The minimum atomic E-state index is 0.473. The first-order chi connectivity index (χ1) is 13.0. The Kier molecular flexibility index (Phi) is 6.04. The normalized spacial score (nSPS) is 10.9. The smallest absolute Gasteiger partial charge is 0.191 e. The summed E-state index contributed by atoms with van der Waals surface area (Å²) in [7, 11) is 0. The van der Waals surface area contributed by atoms with Crippen molar-refractivity contribution in [2.45, 2.75) is 27.3 Å². The molecule has 1 heterocycles. The Hall–Kier alpha value is -2.92. The number of nitrogens with one attached hydrogen (secondary N) is 2. The van der Waals surface area contributed by atoms with Gasteiger partial charge in [0, 0.05) is 18.4 Å². The van der Waals surface area contributed by atoms with Gasteiger partial charge in [-0.25, -0.2) is 0 Å². The van der Waals surface area contributed by atoms with E-state index in [-0.39, 0.29) is 0 Å². The van der Waals surface area contributed by atoms with Crippen molar-refractivity contribution in [1.29, 1.82) is 0 Å². The van der Waals surface area contributed by atoms with E-state index in [1.807, 2.05) is 18.2 Å². The molecule has 0 fully saturated rings. The van der Waals surface area contributed by atoms with Crippen LogP contribution < -0.4 is 10.7 Å². The molecule has 0 unspecified atom stereocenters. The average Bonchev–Trinajstić information content (AvgIpc) is 3.07. The van der Waals surface area contributed by atoms with Crippen molar-refractivity contribution in [3.63, 3.8) is 0 Å². The van der Waals surface area contributed by atoms with Crippen molar-refractivity contribution in [1.82, 2.24) is 9.99 Å². The van der Waals surface area contributed by atoms with Gasteiger partial charge in [-0.1, -0.05) is 42.5 Å². The van der Waals surface area contributed by atoms with Crippen LogP contribution in [-0.2, 0) is 6.54 Å². The molecule has 5 heteroatoms. The summed E-state index contributed by atoms with van der Waals surface area (Å²) < 4.78 is 2.16. The number of nitrogens with zero attached hydrogens (tertiary/aromatic N) is 2. The molecule has 27 heavy (non-hydrogen) atoms. The molecule has 0 atom stereocenters. The summed E-state index contributed by atoms with van der Waals surface area (Å²) in [6, 6.07) is 18.6. The Balaban J connectivity index is 1.63. The Bertz CT molecular complexity index is 952. The first-order valence-corrected chi connectivity index (χ1v) is 9.31. The van der Waals surface area contributed by atoms with Crippen molar-refractivity contribution in [3.05, 3.63) is 88.7 Å². The highest BCUT2D eigenvalue weighted by Gasteiger charge is 2.04. The van der Waals surface area contributed by atoms with Crippen LogP contribution in [-0.4, -0.2) is 15.9 Å². The molecule has 2 aromatic carbocycles. The largest absolute Gasteiger partial charge is 0.342 e. The van der Waals surface area contributed by atoms with Crippen LogP contribution in [0, 0.1) is 20.8 Å². The molecule has 3 rings (SSSR count). The molecule has 0 amide bonds. The molecule has 4 nitrogen and oxygen atoms in total. The van der Waals surface area contributed by atoms with Crippen LogP contribution >= 0.6 is 12.2 Å². The summed E-state index contributed by atoms with van der Waals surface area (Å²) in [6.07, 6.45) is 3.85. The highest BCUT2D eigenvalue weighted by atomic mass is 32.1. The van der Waals surface area contributed by atoms with E-state index in [0.717, 1.165) is 29.1 Å². The van der Waals surface area contributed by atoms with Crippen molar-refractivity contribution in [3.8, 4) is 0 Å². The topological polar surface area (TPSA) is 41.4 Å². The van der Waals surface area contributed by atoms with Crippen LogP contribution in [0.4, 0.5) is 5.69 Å². The van der Waals surface area contributed by atoms with Crippen LogP contribution in [0.3, 0.4) is 0 Å². The minimum absolute atomic E-state index is 0.473. The lowest BCUT2D eigenvalue weighted by atomic mass is 10.1. The van der Waals surface area contributed by atoms with Crippen LogP contribution in [0.25, 0.3) is 0 Å². The van der Waals surface area contributed by atoms with Crippen LogP contribution in [0.2, 0.25) is 0 Å². The van der Waals surface area contributed by atoms with Gasteiger partial charge >= 0.3 is 0 Å². The molecular weight excluding hydrogens is 352 g/mol. The number of thiocarbonyl (C=S) groups is 1. The van der Waals surface area contributed by atoms with Crippen molar-refractivity contribution in [2.75, 3.05) is 5.32 Å². The number of benzene rings is 2. The second-order valence-electron chi connectivity index (χ2n) is 6.58. The summed E-state index contributed by atoms with van der Waals surface area (Å²) in [4.78, 5) is 0. The fourth-order valence-electron chi connectivity index (χ4n) is 2.97. The maximum Gasteiger partial charge on any atom is 0.191 e. The summed E-state index contributed by atoms with van der Waals surface area (Å²) in [5.41, 5.74) is 9.81. The van der Waals surface area contributed by atoms with E-state index in [1.165, 1.54) is 11.1 Å². The first kappa shape index (κ1) is 18.9. The van der Waals surface area contributed by atoms with Gasteiger partial charge in [-0.3, -0.25) is 5.43 Å². The molecule has 3 aromatic rings. The molecule has 0 aliphatic rings. The number of rotatable bonds is 5. The second kappa shape index (κ2) is 8.64. The fourth-order valence-corrected chi connectivity index (χ4v) is 3.12. The van der Waals surface area contributed by atoms with Crippen molar-refractivity contribution < 1.29 is 0 Å². The zero-order valence-corrected chi connectivity index (χ0v) is 16.7. The minimum Gasteiger partial charge on any atom is -0.342 e. The Morgan fingerprint density at radius 3 is 2.41 bits per heavy atom. The molecule has 1 aromatic heterocycles. The predicted molar refractivity (Wildman–Crippen MR) is 118 cm³/mol. The molecular formula is C22H24N4S. The molecule has 0 aliphatic heterocycles. The number of hydrazone groups is 1. The van der Waals surface area contributed by atoms with E-state index in [2.05, 4.69) is 83.8 Å². The molecule has 0 saturated carbocycles. The van der Waals surface area contributed by atoms with E-state index < -0.39 is 0 Å². The lowest BCUT2D eigenvalue weighted by molar-refractivity contribution is 0.793. The monoisotopic (exact) mass is 376 g/mol. The van der Waals surface area contributed by atoms with Crippen molar-refractivity contribution in [2.24, 2.45) is 5.10 Å². The Morgan fingerprint density at radius 1 is 0.963 bits per heavy atom. The van der Waals surface area contributed by atoms with E-state index in [0.29, 0.717) is 5.11 Å². The molecule has 0 spiro atoms. The SMILES string of the molecule is Cc1ccccc1Cn1cccc1C=NNC(=S)Nc1c(C)cccc1C. The van der Waals surface area contributed by atoms with Crippen LogP contribution in [0.5, 0.6) is 0 Å². The summed E-state index contributed by atoms with van der Waals surface area (Å²) in [6.45, 7) is 7.05. The van der Waals surface area contributed by atoms with Gasteiger partial charge in [0.1, 0.15) is 0 Å². The van der Waals surface area contributed by atoms with E-state index in [4.69, 9.17) is 12.2 Å². The number of aryl methyl sites for hydroxylation is 3. The summed E-state index contributed by atoms with van der Waals surface area (Å²) in [5.74, 6) is 0. The number of para-hydroxylation sites is 1. The zero-order chi connectivity index (χ0) is 19.2. The van der Waals surface area contributed by atoms with Gasteiger partial charge in [0.25, 0.3) is 0 Å². The first-order valence-electron chi connectivity index (χ1n) is 8.90. The Morgan fingerprint density at radius 2 is 1.67 bits per heavy atom. The quantitative estimate of drug-likeness (QED) is 0.382. The number of hydrogen-bond donors (Lipinski definition) is 2. The van der Waals surface area contributed by atoms with Gasteiger partial charge in [-0.05, 0) is 67.4 Å². The molecule has 0 radical (unpaired) electrons. The van der Waals surface area contributed by atoms with Crippen molar-refractivity contribution >= 4 is 29.2 Å². The van der Waals surface area contributed by atoms with E-state index >= 15 is 0 Å². The lowest BCUT2D eigenvalue weighted by Crippen LogP contribution is -2.24. The number of anilines is 1. The summed E-state index contributed by atoms with van der Waals surface area (Å²) in [5, 5.41) is 7.99. The molecule has 0 bridgehead atoms. The van der Waals surface area contributed by atoms with Gasteiger partial charge < -0.3 is 9.88 Å². The standard InChI is InChI=1S/C22H24N4S/c1-16-8-4-5-11-19(16)15-26-13-7-12-20(26)14-23-25-22(27)24-21-17(2)9-6-10-18(21)3/h4-14H,15H2,1-3H3,(H2,24,25,27). The third kappa shape index (κ3) is 4.83. The average molecular weight is 377 g/mol. The van der Waals surface area contributed by atoms with Gasteiger partial charge in [0.2, 0.25) is 0 Å². The number of hydrogen-bond acceptors (Lipinski definition) is 2. The third-order valence-corrected chi connectivity index (χ3v) is 4.74.